The van der Waals surface area contributed by atoms with E-state index in [9.17, 15) is 0 Å². The van der Waals surface area contributed by atoms with Gasteiger partial charge in [-0.25, -0.2) is 0 Å². The predicted molar refractivity (Wildman–Crippen MR) is 81.1 cm³/mol. The molecule has 0 bridgehead atoms. The van der Waals surface area contributed by atoms with Crippen molar-refractivity contribution in [2.75, 3.05) is 19.6 Å². The van der Waals surface area contributed by atoms with Crippen molar-refractivity contribution in [3.05, 3.63) is 18.0 Å². The first-order valence-electron chi connectivity index (χ1n) is 7.51. The second-order valence-electron chi connectivity index (χ2n) is 5.70. The van der Waals surface area contributed by atoms with Crippen molar-refractivity contribution in [1.82, 2.24) is 14.7 Å². The molecule has 0 aliphatic heterocycles. The fourth-order valence-electron chi connectivity index (χ4n) is 2.31. The van der Waals surface area contributed by atoms with Crippen LogP contribution in [0.3, 0.4) is 0 Å². The van der Waals surface area contributed by atoms with Gasteiger partial charge < -0.3 is 5.73 Å². The Balaban J connectivity index is 2.83. The van der Waals surface area contributed by atoms with Crippen LogP contribution in [0.5, 0.6) is 0 Å². The van der Waals surface area contributed by atoms with Gasteiger partial charge >= 0.3 is 0 Å². The van der Waals surface area contributed by atoms with E-state index in [2.05, 4.69) is 50.8 Å². The van der Waals surface area contributed by atoms with E-state index in [0.29, 0.717) is 18.5 Å². The number of likely N-dealkylation sites (N-methyl/N-ethyl adjacent to an activating group) is 1. The van der Waals surface area contributed by atoms with E-state index in [1.54, 1.807) is 0 Å². The molecule has 1 aromatic rings. The number of aromatic nitrogens is 2. The highest BCUT2D eigenvalue weighted by Crippen LogP contribution is 2.22. The third-order valence-electron chi connectivity index (χ3n) is 3.85. The van der Waals surface area contributed by atoms with Gasteiger partial charge in [0, 0.05) is 30.9 Å². The predicted octanol–water partition coefficient (Wildman–Crippen LogP) is 2.83. The first-order chi connectivity index (χ1) is 9.03. The highest BCUT2D eigenvalue weighted by atomic mass is 15.3. The molecular formula is C15H30N4. The van der Waals surface area contributed by atoms with Crippen LogP contribution in [0.25, 0.3) is 0 Å². The molecule has 0 amide bonds. The maximum Gasteiger partial charge on any atom is 0.0538 e. The SMILES string of the molecule is CCC(C)CN(CC)C(CN)c1cnn(C(C)C)c1. The summed E-state index contributed by atoms with van der Waals surface area (Å²) in [6, 6.07) is 0.684. The van der Waals surface area contributed by atoms with Gasteiger partial charge in [0.15, 0.2) is 0 Å². The molecule has 2 atom stereocenters. The van der Waals surface area contributed by atoms with Crippen molar-refractivity contribution >= 4 is 0 Å². The van der Waals surface area contributed by atoms with E-state index < -0.39 is 0 Å². The number of rotatable bonds is 8. The topological polar surface area (TPSA) is 47.1 Å². The van der Waals surface area contributed by atoms with Crippen LogP contribution in [0, 0.1) is 5.92 Å². The second-order valence-corrected chi connectivity index (χ2v) is 5.70. The quantitative estimate of drug-likeness (QED) is 0.787. The molecule has 4 heteroatoms. The maximum atomic E-state index is 6.01. The van der Waals surface area contributed by atoms with Gasteiger partial charge in [-0.15, -0.1) is 0 Å². The Morgan fingerprint density at radius 3 is 2.42 bits per heavy atom. The Morgan fingerprint density at radius 1 is 1.32 bits per heavy atom. The smallest absolute Gasteiger partial charge is 0.0538 e. The van der Waals surface area contributed by atoms with Crippen molar-refractivity contribution < 1.29 is 0 Å². The lowest BCUT2D eigenvalue weighted by molar-refractivity contribution is 0.182. The maximum absolute atomic E-state index is 6.01. The zero-order valence-electron chi connectivity index (χ0n) is 13.1. The highest BCUT2D eigenvalue weighted by Gasteiger charge is 2.20. The largest absolute Gasteiger partial charge is 0.329 e. The van der Waals surface area contributed by atoms with E-state index in [4.69, 9.17) is 5.73 Å². The van der Waals surface area contributed by atoms with E-state index >= 15 is 0 Å². The second kappa shape index (κ2) is 7.65. The standard InChI is InChI=1S/C15H30N4/c1-6-13(5)10-18(7-2)15(8-16)14-9-17-19(11-14)12(3)4/h9,11-13,15H,6-8,10,16H2,1-5H3. The molecule has 0 spiro atoms. The van der Waals surface area contributed by atoms with Crippen LogP contribution in [0.1, 0.15) is 58.7 Å². The van der Waals surface area contributed by atoms with Gasteiger partial charge in [-0.1, -0.05) is 27.2 Å². The minimum Gasteiger partial charge on any atom is -0.329 e. The summed E-state index contributed by atoms with van der Waals surface area (Å²) in [5.74, 6) is 0.703. The van der Waals surface area contributed by atoms with Crippen LogP contribution < -0.4 is 5.73 Å². The van der Waals surface area contributed by atoms with Gasteiger partial charge in [-0.3, -0.25) is 9.58 Å². The molecule has 1 heterocycles. The number of hydrogen-bond acceptors (Lipinski definition) is 3. The van der Waals surface area contributed by atoms with Gasteiger partial charge in [-0.2, -0.15) is 5.10 Å². The van der Waals surface area contributed by atoms with Gasteiger partial charge in [0.1, 0.15) is 0 Å². The third kappa shape index (κ3) is 4.32. The molecule has 2 unspecified atom stereocenters. The van der Waals surface area contributed by atoms with E-state index in [1.807, 2.05) is 10.9 Å². The summed E-state index contributed by atoms with van der Waals surface area (Å²) in [4.78, 5) is 2.47. The van der Waals surface area contributed by atoms with Crippen LogP contribution in [0.4, 0.5) is 0 Å². The molecule has 110 valence electrons. The van der Waals surface area contributed by atoms with Crippen LogP contribution in [-0.4, -0.2) is 34.3 Å². The summed E-state index contributed by atoms with van der Waals surface area (Å²) in [7, 11) is 0. The van der Waals surface area contributed by atoms with E-state index in [1.165, 1.54) is 12.0 Å². The molecule has 2 N–H and O–H groups in total. The van der Waals surface area contributed by atoms with Crippen LogP contribution >= 0.6 is 0 Å². The van der Waals surface area contributed by atoms with Gasteiger partial charge in [0.05, 0.1) is 12.2 Å². The van der Waals surface area contributed by atoms with Crippen LogP contribution in [0.2, 0.25) is 0 Å². The number of nitrogens with two attached hydrogens (primary N) is 1. The number of hydrogen-bond donors (Lipinski definition) is 1. The lowest BCUT2D eigenvalue weighted by atomic mass is 10.0. The molecule has 0 aromatic carbocycles. The van der Waals surface area contributed by atoms with Crippen molar-refractivity contribution in [2.24, 2.45) is 11.7 Å². The molecule has 4 nitrogen and oxygen atoms in total. The summed E-state index contributed by atoms with van der Waals surface area (Å²) in [5, 5.41) is 4.43. The van der Waals surface area contributed by atoms with E-state index in [-0.39, 0.29) is 6.04 Å². The molecule has 0 saturated carbocycles. The highest BCUT2D eigenvalue weighted by molar-refractivity contribution is 5.11. The lowest BCUT2D eigenvalue weighted by Gasteiger charge is -2.31. The van der Waals surface area contributed by atoms with Gasteiger partial charge in [0.2, 0.25) is 0 Å². The van der Waals surface area contributed by atoms with Gasteiger partial charge in [-0.05, 0) is 26.3 Å². The fourth-order valence-corrected chi connectivity index (χ4v) is 2.31. The normalized spacial score (nSPS) is 15.2. The summed E-state index contributed by atoms with van der Waals surface area (Å²) in [5.41, 5.74) is 7.24. The minimum absolute atomic E-state index is 0.284. The van der Waals surface area contributed by atoms with Crippen LogP contribution in [-0.2, 0) is 0 Å². The Kier molecular flexibility index (Phi) is 6.52. The summed E-state index contributed by atoms with van der Waals surface area (Å²) < 4.78 is 2.01. The minimum atomic E-state index is 0.284. The molecule has 0 fully saturated rings. The molecule has 0 aliphatic rings. The average molecular weight is 266 g/mol. The molecule has 1 aromatic heterocycles. The van der Waals surface area contributed by atoms with Crippen LogP contribution in [0.15, 0.2) is 12.4 Å². The monoisotopic (exact) mass is 266 g/mol. The first-order valence-corrected chi connectivity index (χ1v) is 7.51. The lowest BCUT2D eigenvalue weighted by Crippen LogP contribution is -2.36. The Labute approximate surface area is 118 Å². The van der Waals surface area contributed by atoms with Crippen molar-refractivity contribution in [1.29, 1.82) is 0 Å². The third-order valence-corrected chi connectivity index (χ3v) is 3.85. The molecule has 0 radical (unpaired) electrons. The number of nitrogens with zero attached hydrogens (tertiary/aromatic N) is 3. The first kappa shape index (κ1) is 16.2. The fraction of sp³-hybridized carbons (Fsp3) is 0.800. The van der Waals surface area contributed by atoms with Crippen molar-refractivity contribution in [3.8, 4) is 0 Å². The summed E-state index contributed by atoms with van der Waals surface area (Å²) >= 11 is 0. The molecule has 0 saturated heterocycles. The van der Waals surface area contributed by atoms with E-state index in [0.717, 1.165) is 13.1 Å². The summed E-state index contributed by atoms with van der Waals surface area (Å²) in [6.07, 6.45) is 5.32. The molecule has 1 rings (SSSR count). The molecule has 19 heavy (non-hydrogen) atoms. The molecule has 0 aliphatic carbocycles. The average Bonchev–Trinajstić information content (AvgIpc) is 2.87. The van der Waals surface area contributed by atoms with Gasteiger partial charge in [0.25, 0.3) is 0 Å². The Bertz CT molecular complexity index is 359. The zero-order chi connectivity index (χ0) is 14.4. The van der Waals surface area contributed by atoms with Crippen molar-refractivity contribution in [3.63, 3.8) is 0 Å². The van der Waals surface area contributed by atoms with Crippen molar-refractivity contribution in [2.45, 2.75) is 53.1 Å². The summed E-state index contributed by atoms with van der Waals surface area (Å²) in [6.45, 7) is 13.8. The Hall–Kier alpha value is -0.870. The Morgan fingerprint density at radius 2 is 2.00 bits per heavy atom. The molecular weight excluding hydrogens is 236 g/mol. The zero-order valence-corrected chi connectivity index (χ0v) is 13.1.